The monoisotopic (exact) mass is 383 g/mol. The van der Waals surface area contributed by atoms with E-state index in [-0.39, 0.29) is 11.8 Å². The number of rotatable bonds is 4. The SMILES string of the molecule is O=C([C@@H](c1ccccc1)n1nc(-c2ccc(F)cc2)oc1=O)N1CCOCC1. The summed E-state index contributed by atoms with van der Waals surface area (Å²) in [6, 6.07) is 13.4. The van der Waals surface area contributed by atoms with Gasteiger partial charge in [-0.2, -0.15) is 4.68 Å². The van der Waals surface area contributed by atoms with Gasteiger partial charge in [0.1, 0.15) is 5.82 Å². The normalized spacial score (nSPS) is 15.4. The van der Waals surface area contributed by atoms with Gasteiger partial charge in [0.15, 0.2) is 6.04 Å². The summed E-state index contributed by atoms with van der Waals surface area (Å²) in [6.45, 7) is 1.78. The third kappa shape index (κ3) is 3.59. The number of carbonyl (C=O) groups is 1. The van der Waals surface area contributed by atoms with Crippen molar-refractivity contribution in [3.63, 3.8) is 0 Å². The zero-order valence-corrected chi connectivity index (χ0v) is 15.0. The minimum Gasteiger partial charge on any atom is -0.388 e. The summed E-state index contributed by atoms with van der Waals surface area (Å²) in [4.78, 5) is 27.4. The van der Waals surface area contributed by atoms with Crippen LogP contribution in [0.25, 0.3) is 11.5 Å². The van der Waals surface area contributed by atoms with Crippen LogP contribution < -0.4 is 5.76 Å². The molecule has 0 unspecified atom stereocenters. The third-order valence-electron chi connectivity index (χ3n) is 4.58. The Morgan fingerprint density at radius 1 is 1.04 bits per heavy atom. The Labute approximate surface area is 160 Å². The lowest BCUT2D eigenvalue weighted by Crippen LogP contribution is -2.46. The topological polar surface area (TPSA) is 77.6 Å². The molecule has 144 valence electrons. The third-order valence-corrected chi connectivity index (χ3v) is 4.58. The standard InChI is InChI=1S/C20H18FN3O4/c21-16-8-6-15(7-9-16)18-22-24(20(26)28-18)17(14-4-2-1-3-5-14)19(25)23-10-12-27-13-11-23/h1-9,17H,10-13H2/t17-/m1/s1. The van der Waals surface area contributed by atoms with Crippen LogP contribution in [-0.4, -0.2) is 46.9 Å². The Morgan fingerprint density at radius 3 is 2.39 bits per heavy atom. The highest BCUT2D eigenvalue weighted by Gasteiger charge is 2.32. The second kappa shape index (κ2) is 7.77. The van der Waals surface area contributed by atoms with E-state index in [1.807, 2.05) is 6.07 Å². The molecule has 1 saturated heterocycles. The Bertz CT molecular complexity index is 1010. The van der Waals surface area contributed by atoms with E-state index >= 15 is 0 Å². The summed E-state index contributed by atoms with van der Waals surface area (Å²) in [7, 11) is 0. The summed E-state index contributed by atoms with van der Waals surface area (Å²) in [5.74, 6) is -1.39. The van der Waals surface area contributed by atoms with Gasteiger partial charge in [-0.3, -0.25) is 4.79 Å². The molecule has 2 aromatic carbocycles. The zero-order valence-electron chi connectivity index (χ0n) is 15.0. The molecule has 1 amide bonds. The number of carbonyl (C=O) groups excluding carboxylic acids is 1. The first-order chi connectivity index (χ1) is 13.6. The van der Waals surface area contributed by atoms with E-state index in [9.17, 15) is 14.0 Å². The molecule has 2 heterocycles. The number of ether oxygens (including phenoxy) is 1. The van der Waals surface area contributed by atoms with E-state index < -0.39 is 17.6 Å². The maximum absolute atomic E-state index is 13.2. The van der Waals surface area contributed by atoms with Crippen molar-refractivity contribution < 1.29 is 18.3 Å². The lowest BCUT2D eigenvalue weighted by atomic mass is 10.1. The number of hydrogen-bond acceptors (Lipinski definition) is 5. The van der Waals surface area contributed by atoms with E-state index in [4.69, 9.17) is 9.15 Å². The average molecular weight is 383 g/mol. The maximum Gasteiger partial charge on any atom is 0.438 e. The van der Waals surface area contributed by atoms with Gasteiger partial charge in [0, 0.05) is 18.7 Å². The molecule has 0 N–H and O–H groups in total. The van der Waals surface area contributed by atoms with Gasteiger partial charge >= 0.3 is 5.76 Å². The molecule has 3 aromatic rings. The van der Waals surface area contributed by atoms with Gasteiger partial charge in [-0.25, -0.2) is 9.18 Å². The van der Waals surface area contributed by atoms with Crippen molar-refractivity contribution in [1.82, 2.24) is 14.7 Å². The first-order valence-corrected chi connectivity index (χ1v) is 8.90. The fourth-order valence-electron chi connectivity index (χ4n) is 3.14. The van der Waals surface area contributed by atoms with E-state index in [1.165, 1.54) is 24.3 Å². The largest absolute Gasteiger partial charge is 0.438 e. The lowest BCUT2D eigenvalue weighted by molar-refractivity contribution is -0.138. The van der Waals surface area contributed by atoms with Crippen molar-refractivity contribution in [3.05, 3.63) is 76.5 Å². The molecule has 0 saturated carbocycles. The van der Waals surface area contributed by atoms with Crippen LogP contribution >= 0.6 is 0 Å². The van der Waals surface area contributed by atoms with Crippen LogP contribution in [0, 0.1) is 5.82 Å². The summed E-state index contributed by atoms with van der Waals surface area (Å²) in [6.07, 6.45) is 0. The van der Waals surface area contributed by atoms with Crippen LogP contribution in [0.5, 0.6) is 0 Å². The maximum atomic E-state index is 13.2. The van der Waals surface area contributed by atoms with E-state index in [0.717, 1.165) is 4.68 Å². The van der Waals surface area contributed by atoms with Crippen LogP contribution in [0.1, 0.15) is 11.6 Å². The molecule has 1 aliphatic heterocycles. The Hall–Kier alpha value is -3.26. The number of amides is 1. The first-order valence-electron chi connectivity index (χ1n) is 8.90. The van der Waals surface area contributed by atoms with Crippen molar-refractivity contribution in [2.75, 3.05) is 26.3 Å². The molecular weight excluding hydrogens is 365 g/mol. The van der Waals surface area contributed by atoms with E-state index in [1.54, 1.807) is 29.2 Å². The van der Waals surface area contributed by atoms with E-state index in [0.29, 0.717) is 37.4 Å². The lowest BCUT2D eigenvalue weighted by Gasteiger charge is -2.30. The zero-order chi connectivity index (χ0) is 19.5. The van der Waals surface area contributed by atoms with Crippen molar-refractivity contribution in [2.45, 2.75) is 6.04 Å². The van der Waals surface area contributed by atoms with Crippen molar-refractivity contribution in [1.29, 1.82) is 0 Å². The van der Waals surface area contributed by atoms with Gasteiger partial charge in [-0.05, 0) is 29.8 Å². The van der Waals surface area contributed by atoms with Crippen molar-refractivity contribution in [3.8, 4) is 11.5 Å². The number of nitrogens with zero attached hydrogens (tertiary/aromatic N) is 3. The Kier molecular flexibility index (Phi) is 5.03. The van der Waals surface area contributed by atoms with Crippen molar-refractivity contribution in [2.24, 2.45) is 0 Å². The molecule has 0 spiro atoms. The average Bonchev–Trinajstić information content (AvgIpc) is 3.11. The molecule has 28 heavy (non-hydrogen) atoms. The van der Waals surface area contributed by atoms with Crippen LogP contribution in [0.15, 0.2) is 63.8 Å². The van der Waals surface area contributed by atoms with Gasteiger partial charge in [-0.15, -0.1) is 5.10 Å². The molecular formula is C20H18FN3O4. The summed E-state index contributed by atoms with van der Waals surface area (Å²) in [5, 5.41) is 4.24. The van der Waals surface area contributed by atoms with Crippen LogP contribution in [0.4, 0.5) is 4.39 Å². The second-order valence-electron chi connectivity index (χ2n) is 6.38. The van der Waals surface area contributed by atoms with Gasteiger partial charge in [-0.1, -0.05) is 30.3 Å². The first kappa shape index (κ1) is 18.1. The highest BCUT2D eigenvalue weighted by molar-refractivity contribution is 5.83. The summed E-state index contributed by atoms with van der Waals surface area (Å²) < 4.78 is 24.8. The predicted molar refractivity (Wildman–Crippen MR) is 98.1 cm³/mol. The highest BCUT2D eigenvalue weighted by Crippen LogP contribution is 2.22. The highest BCUT2D eigenvalue weighted by atomic mass is 19.1. The Morgan fingerprint density at radius 2 is 1.71 bits per heavy atom. The minimum absolute atomic E-state index is 0.0284. The van der Waals surface area contributed by atoms with Gasteiger partial charge in [0.25, 0.3) is 5.91 Å². The molecule has 0 radical (unpaired) electrons. The van der Waals surface area contributed by atoms with Crippen LogP contribution in [0.2, 0.25) is 0 Å². The molecule has 1 aromatic heterocycles. The summed E-state index contributed by atoms with van der Waals surface area (Å²) >= 11 is 0. The molecule has 8 heteroatoms. The smallest absolute Gasteiger partial charge is 0.388 e. The number of halogens is 1. The minimum atomic E-state index is -0.954. The predicted octanol–water partition coefficient (Wildman–Crippen LogP) is 2.09. The Balaban J connectivity index is 1.75. The molecule has 1 atom stereocenters. The fraction of sp³-hybridized carbons (Fsp3) is 0.250. The molecule has 0 bridgehead atoms. The van der Waals surface area contributed by atoms with Crippen molar-refractivity contribution >= 4 is 5.91 Å². The quantitative estimate of drug-likeness (QED) is 0.690. The fourth-order valence-corrected chi connectivity index (χ4v) is 3.14. The number of aromatic nitrogens is 2. The second-order valence-corrected chi connectivity index (χ2v) is 6.38. The van der Waals surface area contributed by atoms with Gasteiger partial charge < -0.3 is 14.1 Å². The number of benzene rings is 2. The summed E-state index contributed by atoms with van der Waals surface area (Å²) in [5.41, 5.74) is 1.07. The molecule has 0 aliphatic carbocycles. The number of hydrogen-bond donors (Lipinski definition) is 0. The van der Waals surface area contributed by atoms with Gasteiger partial charge in [0.2, 0.25) is 5.89 Å². The molecule has 1 aliphatic rings. The molecule has 7 nitrogen and oxygen atoms in total. The van der Waals surface area contributed by atoms with Gasteiger partial charge in [0.05, 0.1) is 13.2 Å². The van der Waals surface area contributed by atoms with E-state index in [2.05, 4.69) is 5.10 Å². The van der Waals surface area contributed by atoms with Crippen LogP contribution in [-0.2, 0) is 9.53 Å². The number of morpholine rings is 1. The molecule has 1 fully saturated rings. The van der Waals surface area contributed by atoms with Crippen LogP contribution in [0.3, 0.4) is 0 Å². The molecule has 4 rings (SSSR count).